The quantitative estimate of drug-likeness (QED) is 0.744. The maximum atomic E-state index is 5.87. The second kappa shape index (κ2) is 8.35. The van der Waals surface area contributed by atoms with E-state index in [-0.39, 0.29) is 7.12 Å². The third-order valence-electron chi connectivity index (χ3n) is 5.77. The summed E-state index contributed by atoms with van der Waals surface area (Å²) in [5.74, 6) is 2.30. The summed E-state index contributed by atoms with van der Waals surface area (Å²) in [6.07, 6.45) is 9.43. The van der Waals surface area contributed by atoms with Crippen LogP contribution < -0.4 is 5.46 Å². The molecule has 0 aromatic heterocycles. The van der Waals surface area contributed by atoms with Gasteiger partial charge in [-0.25, -0.2) is 0 Å². The number of hydrogen-bond donors (Lipinski definition) is 0. The van der Waals surface area contributed by atoms with Crippen molar-refractivity contribution in [1.29, 1.82) is 0 Å². The third-order valence-corrected chi connectivity index (χ3v) is 5.77. The molecule has 1 saturated carbocycles. The molecule has 0 atom stereocenters. The normalized spacial score (nSPS) is 26.4. The molecule has 0 amide bonds. The average molecular weight is 314 g/mol. The molecule has 0 bridgehead atoms. The van der Waals surface area contributed by atoms with Crippen LogP contribution in [0, 0.1) is 11.8 Å². The van der Waals surface area contributed by atoms with Crippen LogP contribution in [-0.4, -0.2) is 20.3 Å². The van der Waals surface area contributed by atoms with Crippen molar-refractivity contribution in [1.82, 2.24) is 0 Å². The van der Waals surface area contributed by atoms with Gasteiger partial charge in [0.05, 0.1) is 0 Å². The SMILES string of the molecule is CCCC1CCC(c2ccc(B3OCC(CC)CO3)cc2)CC1. The highest BCUT2D eigenvalue weighted by Gasteiger charge is 2.29. The first kappa shape index (κ1) is 17.0. The molecule has 0 radical (unpaired) electrons. The molecule has 1 aliphatic carbocycles. The first-order chi connectivity index (χ1) is 11.3. The fourth-order valence-corrected chi connectivity index (χ4v) is 4.09. The van der Waals surface area contributed by atoms with Gasteiger partial charge in [-0.2, -0.15) is 0 Å². The molecule has 23 heavy (non-hydrogen) atoms. The molecule has 1 aliphatic heterocycles. The molecule has 0 N–H and O–H groups in total. The molecule has 1 aromatic rings. The standard InChI is InChI=1S/C20H31BO2/c1-3-5-17-6-8-18(9-7-17)19-10-12-20(13-11-19)21-22-14-16(4-2)15-23-21/h10-13,16-18H,3-9,14-15H2,1-2H3. The van der Waals surface area contributed by atoms with E-state index in [9.17, 15) is 0 Å². The lowest BCUT2D eigenvalue weighted by molar-refractivity contribution is 0.0850. The van der Waals surface area contributed by atoms with Crippen molar-refractivity contribution in [3.05, 3.63) is 29.8 Å². The molecular formula is C20H31BO2. The minimum atomic E-state index is -0.160. The molecule has 1 aromatic carbocycles. The third kappa shape index (κ3) is 4.39. The predicted molar refractivity (Wildman–Crippen MR) is 97.1 cm³/mol. The Morgan fingerprint density at radius 3 is 2.13 bits per heavy atom. The Morgan fingerprint density at radius 1 is 0.913 bits per heavy atom. The number of benzene rings is 1. The van der Waals surface area contributed by atoms with Gasteiger partial charge in [0.15, 0.2) is 0 Å². The predicted octanol–water partition coefficient (Wildman–Crippen LogP) is 4.53. The average Bonchev–Trinajstić information content (AvgIpc) is 2.63. The number of hydrogen-bond acceptors (Lipinski definition) is 2. The zero-order valence-electron chi connectivity index (χ0n) is 14.8. The zero-order chi connectivity index (χ0) is 16.1. The van der Waals surface area contributed by atoms with Gasteiger partial charge in [0.25, 0.3) is 0 Å². The topological polar surface area (TPSA) is 18.5 Å². The minimum absolute atomic E-state index is 0.160. The van der Waals surface area contributed by atoms with Gasteiger partial charge in [-0.05, 0) is 55.0 Å². The van der Waals surface area contributed by atoms with E-state index in [1.807, 2.05) is 0 Å². The smallest absolute Gasteiger partial charge is 0.407 e. The Morgan fingerprint density at radius 2 is 1.57 bits per heavy atom. The van der Waals surface area contributed by atoms with Gasteiger partial charge >= 0.3 is 7.12 Å². The van der Waals surface area contributed by atoms with Crippen molar-refractivity contribution >= 4 is 12.6 Å². The first-order valence-electron chi connectivity index (χ1n) is 9.63. The maximum absolute atomic E-state index is 5.87. The fraction of sp³-hybridized carbons (Fsp3) is 0.700. The van der Waals surface area contributed by atoms with E-state index in [2.05, 4.69) is 38.1 Å². The van der Waals surface area contributed by atoms with Crippen molar-refractivity contribution in [3.8, 4) is 0 Å². The summed E-state index contributed by atoms with van der Waals surface area (Å²) >= 11 is 0. The lowest BCUT2D eigenvalue weighted by atomic mass is 9.74. The van der Waals surface area contributed by atoms with Crippen molar-refractivity contribution in [2.75, 3.05) is 13.2 Å². The monoisotopic (exact) mass is 314 g/mol. The molecule has 0 unspecified atom stereocenters. The van der Waals surface area contributed by atoms with Crippen LogP contribution in [0.25, 0.3) is 0 Å². The van der Waals surface area contributed by atoms with Crippen LogP contribution in [0.3, 0.4) is 0 Å². The fourth-order valence-electron chi connectivity index (χ4n) is 4.09. The van der Waals surface area contributed by atoms with E-state index in [4.69, 9.17) is 9.31 Å². The second-order valence-electron chi connectivity index (χ2n) is 7.45. The molecule has 2 nitrogen and oxygen atoms in total. The van der Waals surface area contributed by atoms with Gasteiger partial charge in [-0.1, -0.05) is 51.0 Å². The first-order valence-corrected chi connectivity index (χ1v) is 9.63. The van der Waals surface area contributed by atoms with E-state index < -0.39 is 0 Å². The molecule has 3 heteroatoms. The summed E-state index contributed by atoms with van der Waals surface area (Å²) in [6, 6.07) is 9.03. The van der Waals surface area contributed by atoms with Crippen LogP contribution in [0.5, 0.6) is 0 Å². The Bertz CT molecular complexity index is 457. The molecule has 2 aliphatic rings. The van der Waals surface area contributed by atoms with Crippen LogP contribution in [0.4, 0.5) is 0 Å². The second-order valence-corrected chi connectivity index (χ2v) is 7.45. The van der Waals surface area contributed by atoms with Crippen LogP contribution in [0.1, 0.15) is 70.3 Å². The van der Waals surface area contributed by atoms with Gasteiger partial charge in [0.2, 0.25) is 0 Å². The Balaban J connectivity index is 1.53. The number of rotatable bonds is 5. The van der Waals surface area contributed by atoms with E-state index in [0.717, 1.165) is 31.5 Å². The molecule has 3 rings (SSSR count). The highest BCUT2D eigenvalue weighted by Crippen LogP contribution is 2.37. The maximum Gasteiger partial charge on any atom is 0.493 e. The highest BCUT2D eigenvalue weighted by molar-refractivity contribution is 6.61. The van der Waals surface area contributed by atoms with Crippen molar-refractivity contribution in [2.45, 2.75) is 64.7 Å². The van der Waals surface area contributed by atoms with Gasteiger partial charge < -0.3 is 9.31 Å². The Labute approximate surface area is 142 Å². The minimum Gasteiger partial charge on any atom is -0.407 e. The Kier molecular flexibility index (Phi) is 6.18. The lowest BCUT2D eigenvalue weighted by Crippen LogP contribution is -2.44. The van der Waals surface area contributed by atoms with Gasteiger partial charge in [0.1, 0.15) is 0 Å². The van der Waals surface area contributed by atoms with Crippen LogP contribution >= 0.6 is 0 Å². The van der Waals surface area contributed by atoms with E-state index in [0.29, 0.717) is 5.92 Å². The van der Waals surface area contributed by atoms with Gasteiger partial charge in [-0.3, -0.25) is 0 Å². The summed E-state index contributed by atoms with van der Waals surface area (Å²) in [5, 5.41) is 0. The van der Waals surface area contributed by atoms with E-state index in [1.54, 1.807) is 0 Å². The molecule has 2 fully saturated rings. The molecule has 126 valence electrons. The van der Waals surface area contributed by atoms with Crippen LogP contribution in [0.2, 0.25) is 0 Å². The van der Waals surface area contributed by atoms with Crippen molar-refractivity contribution in [2.24, 2.45) is 11.8 Å². The van der Waals surface area contributed by atoms with Crippen LogP contribution in [-0.2, 0) is 9.31 Å². The van der Waals surface area contributed by atoms with Crippen molar-refractivity contribution < 1.29 is 9.31 Å². The van der Waals surface area contributed by atoms with Gasteiger partial charge in [0, 0.05) is 19.1 Å². The largest absolute Gasteiger partial charge is 0.493 e. The molecule has 0 spiro atoms. The summed E-state index contributed by atoms with van der Waals surface area (Å²) in [5.41, 5.74) is 2.67. The highest BCUT2D eigenvalue weighted by atomic mass is 16.6. The summed E-state index contributed by atoms with van der Waals surface area (Å²) in [4.78, 5) is 0. The summed E-state index contributed by atoms with van der Waals surface area (Å²) in [6.45, 7) is 6.15. The zero-order valence-corrected chi connectivity index (χ0v) is 14.8. The van der Waals surface area contributed by atoms with Crippen molar-refractivity contribution in [3.63, 3.8) is 0 Å². The molecule has 1 heterocycles. The summed E-state index contributed by atoms with van der Waals surface area (Å²) < 4.78 is 11.7. The van der Waals surface area contributed by atoms with E-state index >= 15 is 0 Å². The summed E-state index contributed by atoms with van der Waals surface area (Å²) in [7, 11) is -0.160. The van der Waals surface area contributed by atoms with E-state index in [1.165, 1.54) is 49.6 Å². The Hall–Kier alpha value is -0.795. The van der Waals surface area contributed by atoms with Gasteiger partial charge in [-0.15, -0.1) is 0 Å². The molecular weight excluding hydrogens is 283 g/mol. The lowest BCUT2D eigenvalue weighted by Gasteiger charge is -2.29. The molecule has 1 saturated heterocycles. The van der Waals surface area contributed by atoms with Crippen LogP contribution in [0.15, 0.2) is 24.3 Å².